The van der Waals surface area contributed by atoms with Crippen LogP contribution in [0.1, 0.15) is 22.9 Å². The topological polar surface area (TPSA) is 71.2 Å². The lowest BCUT2D eigenvalue weighted by Gasteiger charge is -2.12. The number of aliphatic hydroxyl groups excluding tert-OH is 1. The first-order chi connectivity index (χ1) is 10.5. The monoisotopic (exact) mass is 340 g/mol. The standard InChI is InChI=1S/C14H14Cl2N4O2/c1-8-17-13(14(22)19-6-5-9(21)7-19)18-20(8)12-10(15)3-2-4-11(12)16/h2-4,9,21H,5-7H2,1H3/t9-/m1/s1. The van der Waals surface area contributed by atoms with Crippen molar-refractivity contribution in [3.63, 3.8) is 0 Å². The minimum absolute atomic E-state index is 0.0718. The summed E-state index contributed by atoms with van der Waals surface area (Å²) in [6, 6.07) is 5.13. The summed E-state index contributed by atoms with van der Waals surface area (Å²) >= 11 is 12.3. The summed E-state index contributed by atoms with van der Waals surface area (Å²) in [5, 5.41) is 14.6. The van der Waals surface area contributed by atoms with E-state index in [9.17, 15) is 9.90 Å². The van der Waals surface area contributed by atoms with Gasteiger partial charge in [-0.15, -0.1) is 5.10 Å². The van der Waals surface area contributed by atoms with Gasteiger partial charge in [-0.25, -0.2) is 9.67 Å². The number of aliphatic hydroxyl groups is 1. The molecule has 1 N–H and O–H groups in total. The number of halogens is 2. The lowest BCUT2D eigenvalue weighted by atomic mass is 10.3. The molecule has 2 aromatic rings. The molecular formula is C14H14Cl2N4O2. The summed E-state index contributed by atoms with van der Waals surface area (Å²) in [5.74, 6) is 0.280. The Hall–Kier alpha value is -1.63. The van der Waals surface area contributed by atoms with E-state index in [1.54, 1.807) is 25.1 Å². The Morgan fingerprint density at radius 3 is 2.64 bits per heavy atom. The van der Waals surface area contributed by atoms with E-state index in [1.807, 2.05) is 0 Å². The van der Waals surface area contributed by atoms with Crippen LogP contribution in [0.15, 0.2) is 18.2 Å². The zero-order valence-corrected chi connectivity index (χ0v) is 13.3. The summed E-state index contributed by atoms with van der Waals surface area (Å²) in [4.78, 5) is 18.1. The Morgan fingerprint density at radius 1 is 1.36 bits per heavy atom. The van der Waals surface area contributed by atoms with Crippen LogP contribution in [0.4, 0.5) is 0 Å². The second kappa shape index (κ2) is 5.87. The summed E-state index contributed by atoms with van der Waals surface area (Å²) < 4.78 is 1.46. The van der Waals surface area contributed by atoms with Gasteiger partial charge in [0.25, 0.3) is 5.91 Å². The fourth-order valence-electron chi connectivity index (χ4n) is 2.45. The first-order valence-corrected chi connectivity index (χ1v) is 7.58. The second-order valence-corrected chi connectivity index (χ2v) is 5.97. The average Bonchev–Trinajstić information content (AvgIpc) is 3.05. The van der Waals surface area contributed by atoms with Gasteiger partial charge in [0.15, 0.2) is 0 Å². The molecule has 1 aliphatic heterocycles. The third-order valence-electron chi connectivity index (χ3n) is 3.56. The van der Waals surface area contributed by atoms with Gasteiger partial charge in [-0.05, 0) is 25.5 Å². The molecule has 6 nitrogen and oxygen atoms in total. The largest absolute Gasteiger partial charge is 0.391 e. The predicted octanol–water partition coefficient (Wildman–Crippen LogP) is 2.09. The average molecular weight is 341 g/mol. The van der Waals surface area contributed by atoms with Gasteiger partial charge in [0.2, 0.25) is 5.82 Å². The van der Waals surface area contributed by atoms with Gasteiger partial charge in [-0.3, -0.25) is 4.79 Å². The maximum Gasteiger partial charge on any atom is 0.293 e. The third-order valence-corrected chi connectivity index (χ3v) is 4.17. The Labute approximate surface area is 137 Å². The zero-order valence-electron chi connectivity index (χ0n) is 11.8. The molecule has 1 aromatic heterocycles. The highest BCUT2D eigenvalue weighted by molar-refractivity contribution is 6.37. The molecule has 1 saturated heterocycles. The minimum Gasteiger partial charge on any atom is -0.391 e. The molecule has 3 rings (SSSR count). The van der Waals surface area contributed by atoms with E-state index >= 15 is 0 Å². The first-order valence-electron chi connectivity index (χ1n) is 6.82. The first kappa shape index (κ1) is 15.3. The highest BCUT2D eigenvalue weighted by Gasteiger charge is 2.28. The van der Waals surface area contributed by atoms with Gasteiger partial charge < -0.3 is 10.0 Å². The van der Waals surface area contributed by atoms with E-state index in [0.717, 1.165) is 0 Å². The van der Waals surface area contributed by atoms with Crippen LogP contribution in [0, 0.1) is 6.92 Å². The lowest BCUT2D eigenvalue weighted by Crippen LogP contribution is -2.30. The molecule has 0 spiro atoms. The van der Waals surface area contributed by atoms with Crippen LogP contribution in [0.2, 0.25) is 10.0 Å². The summed E-state index contributed by atoms with van der Waals surface area (Å²) in [6.45, 7) is 2.53. The second-order valence-electron chi connectivity index (χ2n) is 5.16. The number of likely N-dealkylation sites (tertiary alicyclic amines) is 1. The Bertz CT molecular complexity index is 711. The molecule has 1 aromatic carbocycles. The third kappa shape index (κ3) is 2.69. The summed E-state index contributed by atoms with van der Waals surface area (Å²) in [7, 11) is 0. The summed E-state index contributed by atoms with van der Waals surface area (Å²) in [6.07, 6.45) is 0.0899. The molecule has 0 aliphatic carbocycles. The lowest BCUT2D eigenvalue weighted by molar-refractivity contribution is 0.0753. The molecule has 1 atom stereocenters. The van der Waals surface area contributed by atoms with Gasteiger partial charge in [-0.2, -0.15) is 0 Å². The zero-order chi connectivity index (χ0) is 15.9. The predicted molar refractivity (Wildman–Crippen MR) is 82.6 cm³/mol. The molecule has 116 valence electrons. The Kier molecular flexibility index (Phi) is 4.08. The number of carbonyl (C=O) groups is 1. The van der Waals surface area contributed by atoms with E-state index in [4.69, 9.17) is 23.2 Å². The molecule has 0 radical (unpaired) electrons. The van der Waals surface area contributed by atoms with Crippen LogP contribution in [-0.4, -0.2) is 49.9 Å². The minimum atomic E-state index is -0.481. The highest BCUT2D eigenvalue weighted by atomic mass is 35.5. The van der Waals surface area contributed by atoms with E-state index < -0.39 is 6.10 Å². The molecule has 8 heteroatoms. The van der Waals surface area contributed by atoms with E-state index in [0.29, 0.717) is 41.1 Å². The van der Waals surface area contributed by atoms with E-state index in [2.05, 4.69) is 10.1 Å². The van der Waals surface area contributed by atoms with Gasteiger partial charge in [-0.1, -0.05) is 29.3 Å². The number of amides is 1. The van der Waals surface area contributed by atoms with Crippen molar-refractivity contribution >= 4 is 29.1 Å². The van der Waals surface area contributed by atoms with Gasteiger partial charge >= 0.3 is 0 Å². The number of nitrogens with zero attached hydrogens (tertiary/aromatic N) is 4. The Balaban J connectivity index is 1.96. The molecular weight excluding hydrogens is 327 g/mol. The Morgan fingerprint density at radius 2 is 2.05 bits per heavy atom. The van der Waals surface area contributed by atoms with Gasteiger partial charge in [0.1, 0.15) is 11.5 Å². The smallest absolute Gasteiger partial charge is 0.293 e. The van der Waals surface area contributed by atoms with Crippen molar-refractivity contribution in [2.75, 3.05) is 13.1 Å². The van der Waals surface area contributed by atoms with Crippen molar-refractivity contribution in [1.29, 1.82) is 0 Å². The van der Waals surface area contributed by atoms with E-state index in [1.165, 1.54) is 9.58 Å². The van der Waals surface area contributed by atoms with Crippen molar-refractivity contribution in [2.24, 2.45) is 0 Å². The maximum atomic E-state index is 12.4. The molecule has 0 bridgehead atoms. The number of carbonyl (C=O) groups excluding carboxylic acids is 1. The van der Waals surface area contributed by atoms with Crippen LogP contribution in [-0.2, 0) is 0 Å². The van der Waals surface area contributed by atoms with Crippen molar-refractivity contribution in [3.05, 3.63) is 39.9 Å². The van der Waals surface area contributed by atoms with Crippen LogP contribution < -0.4 is 0 Å². The molecule has 1 fully saturated rings. The quantitative estimate of drug-likeness (QED) is 0.908. The molecule has 2 heterocycles. The maximum absolute atomic E-state index is 12.4. The van der Waals surface area contributed by atoms with Crippen molar-refractivity contribution < 1.29 is 9.90 Å². The van der Waals surface area contributed by atoms with Crippen molar-refractivity contribution in [1.82, 2.24) is 19.7 Å². The number of rotatable bonds is 2. The highest BCUT2D eigenvalue weighted by Crippen LogP contribution is 2.28. The number of hydrogen-bond acceptors (Lipinski definition) is 4. The summed E-state index contributed by atoms with van der Waals surface area (Å²) in [5.41, 5.74) is 0.497. The number of para-hydroxylation sites is 1. The SMILES string of the molecule is Cc1nc(C(=O)N2CC[C@@H](O)C2)nn1-c1c(Cl)cccc1Cl. The normalized spacial score (nSPS) is 18.0. The van der Waals surface area contributed by atoms with Crippen LogP contribution >= 0.6 is 23.2 Å². The fraction of sp³-hybridized carbons (Fsp3) is 0.357. The molecule has 1 aliphatic rings. The number of hydrogen-bond donors (Lipinski definition) is 1. The van der Waals surface area contributed by atoms with Crippen molar-refractivity contribution in [2.45, 2.75) is 19.4 Å². The van der Waals surface area contributed by atoms with Crippen LogP contribution in [0.25, 0.3) is 5.69 Å². The van der Waals surface area contributed by atoms with Gasteiger partial charge in [0, 0.05) is 13.1 Å². The number of benzene rings is 1. The van der Waals surface area contributed by atoms with Crippen LogP contribution in [0.3, 0.4) is 0 Å². The van der Waals surface area contributed by atoms with E-state index in [-0.39, 0.29) is 11.7 Å². The number of β-amino-alcohol motifs (C(OH)–C–C–N with tert-alkyl or cyclic N) is 1. The fourth-order valence-corrected chi connectivity index (χ4v) is 3.01. The number of aromatic nitrogens is 3. The molecule has 0 unspecified atom stereocenters. The molecule has 22 heavy (non-hydrogen) atoms. The van der Waals surface area contributed by atoms with Crippen LogP contribution in [0.5, 0.6) is 0 Å². The molecule has 0 saturated carbocycles. The van der Waals surface area contributed by atoms with Gasteiger partial charge in [0.05, 0.1) is 16.1 Å². The van der Waals surface area contributed by atoms with Crippen molar-refractivity contribution in [3.8, 4) is 5.69 Å². The number of aryl methyl sites for hydroxylation is 1. The molecule has 1 amide bonds.